The molecule has 29 heavy (non-hydrogen) atoms. The summed E-state index contributed by atoms with van der Waals surface area (Å²) in [5.74, 6) is -0.569. The quantitative estimate of drug-likeness (QED) is 0.500. The van der Waals surface area contributed by atoms with Crippen LogP contribution < -0.4 is 4.72 Å². The third-order valence-electron chi connectivity index (χ3n) is 4.25. The molecule has 0 radical (unpaired) electrons. The number of ether oxygens (including phenoxy) is 2. The Hall–Kier alpha value is -2.48. The van der Waals surface area contributed by atoms with E-state index in [0.29, 0.717) is 17.7 Å². The maximum atomic E-state index is 13.0. The van der Waals surface area contributed by atoms with Gasteiger partial charge in [-0.1, -0.05) is 54.1 Å². The highest BCUT2D eigenvalue weighted by Gasteiger charge is 2.23. The Morgan fingerprint density at radius 2 is 1.72 bits per heavy atom. The zero-order chi connectivity index (χ0) is 21.4. The number of aryl methyl sites for hydroxylation is 3. The van der Waals surface area contributed by atoms with Crippen LogP contribution in [0.2, 0.25) is 0 Å². The van der Waals surface area contributed by atoms with E-state index >= 15 is 0 Å². The van der Waals surface area contributed by atoms with Crippen molar-refractivity contribution in [2.24, 2.45) is 0 Å². The van der Waals surface area contributed by atoms with Crippen molar-refractivity contribution in [3.8, 4) is 0 Å². The fraction of sp³-hybridized carbons (Fsp3) is 0.318. The molecular formula is C22H27NO5S. The van der Waals surface area contributed by atoms with Crippen LogP contribution in [-0.2, 0) is 30.9 Å². The molecule has 2 aromatic carbocycles. The molecule has 1 atom stereocenters. The Kier molecular flexibility index (Phi) is 8.13. The van der Waals surface area contributed by atoms with Crippen molar-refractivity contribution in [1.29, 1.82) is 0 Å². The number of hydrogen-bond acceptors (Lipinski definition) is 5. The topological polar surface area (TPSA) is 81.7 Å². The SMILES string of the molecule is COC(=O)/C=C/[C@H](COCc1ccccc1)NS(=O)(=O)c1c(C)cc(C)cc1C. The van der Waals surface area contributed by atoms with Crippen molar-refractivity contribution in [2.75, 3.05) is 13.7 Å². The normalized spacial score (nSPS) is 12.8. The second-order valence-electron chi connectivity index (χ2n) is 6.84. The van der Waals surface area contributed by atoms with E-state index in [1.54, 1.807) is 13.8 Å². The molecule has 0 fully saturated rings. The predicted molar refractivity (Wildman–Crippen MR) is 112 cm³/mol. The second kappa shape index (κ2) is 10.3. The minimum absolute atomic E-state index is 0.0611. The molecule has 0 aromatic heterocycles. The lowest BCUT2D eigenvalue weighted by molar-refractivity contribution is -0.134. The van der Waals surface area contributed by atoms with E-state index < -0.39 is 22.0 Å². The van der Waals surface area contributed by atoms with Gasteiger partial charge in [0, 0.05) is 6.08 Å². The van der Waals surface area contributed by atoms with E-state index in [2.05, 4.69) is 9.46 Å². The molecule has 0 bridgehead atoms. The third kappa shape index (κ3) is 6.81. The average molecular weight is 418 g/mol. The van der Waals surface area contributed by atoms with Crippen LogP contribution in [0.3, 0.4) is 0 Å². The molecule has 0 aliphatic heterocycles. The van der Waals surface area contributed by atoms with Gasteiger partial charge in [-0.3, -0.25) is 0 Å². The molecule has 2 rings (SSSR count). The molecule has 0 unspecified atom stereocenters. The lowest BCUT2D eigenvalue weighted by Gasteiger charge is -2.18. The van der Waals surface area contributed by atoms with Gasteiger partial charge >= 0.3 is 5.97 Å². The lowest BCUT2D eigenvalue weighted by atomic mass is 10.1. The highest BCUT2D eigenvalue weighted by Crippen LogP contribution is 2.22. The molecule has 7 heteroatoms. The molecule has 2 aromatic rings. The van der Waals surface area contributed by atoms with Crippen LogP contribution in [0.15, 0.2) is 59.5 Å². The van der Waals surface area contributed by atoms with Crippen LogP contribution in [0.4, 0.5) is 0 Å². The molecule has 0 aliphatic rings. The summed E-state index contributed by atoms with van der Waals surface area (Å²) < 4.78 is 39.0. The lowest BCUT2D eigenvalue weighted by Crippen LogP contribution is -2.37. The summed E-state index contributed by atoms with van der Waals surface area (Å²) in [6.45, 7) is 5.84. The first-order valence-corrected chi connectivity index (χ1v) is 10.7. The van der Waals surface area contributed by atoms with E-state index in [4.69, 9.17) is 4.74 Å². The van der Waals surface area contributed by atoms with Gasteiger partial charge in [0.1, 0.15) is 0 Å². The predicted octanol–water partition coefficient (Wildman–Crippen LogP) is 3.20. The van der Waals surface area contributed by atoms with Crippen LogP contribution in [0.5, 0.6) is 0 Å². The summed E-state index contributed by atoms with van der Waals surface area (Å²) in [7, 11) is -2.56. The molecule has 6 nitrogen and oxygen atoms in total. The molecule has 0 aliphatic carbocycles. The minimum atomic E-state index is -3.82. The van der Waals surface area contributed by atoms with Crippen LogP contribution in [-0.4, -0.2) is 34.1 Å². The number of esters is 1. The molecule has 0 saturated carbocycles. The number of methoxy groups -OCH3 is 1. The van der Waals surface area contributed by atoms with Crippen molar-refractivity contribution in [2.45, 2.75) is 38.3 Å². The zero-order valence-corrected chi connectivity index (χ0v) is 18.0. The van der Waals surface area contributed by atoms with Gasteiger partial charge in [0.05, 0.1) is 31.3 Å². The van der Waals surface area contributed by atoms with Gasteiger partial charge in [0.15, 0.2) is 0 Å². The Morgan fingerprint density at radius 1 is 1.10 bits per heavy atom. The average Bonchev–Trinajstić information content (AvgIpc) is 2.65. The van der Waals surface area contributed by atoms with Crippen molar-refractivity contribution in [3.05, 3.63) is 76.9 Å². The first-order valence-electron chi connectivity index (χ1n) is 9.21. The number of sulfonamides is 1. The molecule has 1 N–H and O–H groups in total. The maximum Gasteiger partial charge on any atom is 0.330 e. The zero-order valence-electron chi connectivity index (χ0n) is 17.1. The van der Waals surface area contributed by atoms with E-state index in [9.17, 15) is 13.2 Å². The Balaban J connectivity index is 2.19. The van der Waals surface area contributed by atoms with Gasteiger partial charge < -0.3 is 9.47 Å². The number of hydrogen-bond donors (Lipinski definition) is 1. The highest BCUT2D eigenvalue weighted by atomic mass is 32.2. The van der Waals surface area contributed by atoms with E-state index in [-0.39, 0.29) is 11.5 Å². The van der Waals surface area contributed by atoms with Crippen molar-refractivity contribution >= 4 is 16.0 Å². The number of carbonyl (C=O) groups excluding carboxylic acids is 1. The Morgan fingerprint density at radius 3 is 2.31 bits per heavy atom. The number of rotatable bonds is 9. The summed E-state index contributed by atoms with van der Waals surface area (Å²) in [5, 5.41) is 0. The molecule has 0 spiro atoms. The summed E-state index contributed by atoms with van der Waals surface area (Å²) in [6.07, 6.45) is 2.63. The van der Waals surface area contributed by atoms with E-state index in [0.717, 1.165) is 11.1 Å². The molecule has 0 saturated heterocycles. The number of benzene rings is 2. The number of carbonyl (C=O) groups is 1. The summed E-state index contributed by atoms with van der Waals surface area (Å²) in [5.41, 5.74) is 3.29. The highest BCUT2D eigenvalue weighted by molar-refractivity contribution is 7.89. The van der Waals surface area contributed by atoms with Crippen molar-refractivity contribution in [3.63, 3.8) is 0 Å². The first-order chi connectivity index (χ1) is 13.7. The Bertz CT molecular complexity index is 945. The van der Waals surface area contributed by atoms with Crippen LogP contribution in [0.25, 0.3) is 0 Å². The smallest absolute Gasteiger partial charge is 0.330 e. The Labute approximate surface area is 172 Å². The van der Waals surface area contributed by atoms with Gasteiger partial charge in [0.2, 0.25) is 10.0 Å². The standard InChI is InChI=1S/C22H27NO5S/c1-16-12-17(2)22(18(3)13-16)29(25,26)23-20(10-11-21(24)27-4)15-28-14-19-8-6-5-7-9-19/h5-13,20,23H,14-15H2,1-4H3/b11-10+/t20-/m1/s1. The summed E-state index contributed by atoms with van der Waals surface area (Å²) >= 11 is 0. The van der Waals surface area contributed by atoms with Crippen LogP contribution >= 0.6 is 0 Å². The van der Waals surface area contributed by atoms with Crippen LogP contribution in [0, 0.1) is 20.8 Å². The minimum Gasteiger partial charge on any atom is -0.466 e. The van der Waals surface area contributed by atoms with E-state index in [1.165, 1.54) is 19.3 Å². The van der Waals surface area contributed by atoms with Gasteiger partial charge in [-0.25, -0.2) is 17.9 Å². The summed E-state index contributed by atoms with van der Waals surface area (Å²) in [6, 6.07) is 12.5. The largest absolute Gasteiger partial charge is 0.466 e. The molecule has 0 heterocycles. The van der Waals surface area contributed by atoms with E-state index in [1.807, 2.05) is 49.4 Å². The van der Waals surface area contributed by atoms with Gasteiger partial charge in [-0.2, -0.15) is 0 Å². The molecule has 0 amide bonds. The fourth-order valence-corrected chi connectivity index (χ4v) is 4.75. The molecule has 156 valence electrons. The monoisotopic (exact) mass is 417 g/mol. The number of nitrogens with one attached hydrogen (secondary N) is 1. The van der Waals surface area contributed by atoms with Gasteiger partial charge in [-0.15, -0.1) is 0 Å². The molecular weight excluding hydrogens is 390 g/mol. The first kappa shape index (κ1) is 22.8. The summed E-state index contributed by atoms with van der Waals surface area (Å²) in [4.78, 5) is 11.7. The van der Waals surface area contributed by atoms with Crippen molar-refractivity contribution in [1.82, 2.24) is 4.72 Å². The maximum absolute atomic E-state index is 13.0. The van der Waals surface area contributed by atoms with Crippen LogP contribution in [0.1, 0.15) is 22.3 Å². The second-order valence-corrected chi connectivity index (χ2v) is 8.49. The van der Waals surface area contributed by atoms with Gasteiger partial charge in [0.25, 0.3) is 0 Å². The third-order valence-corrected chi connectivity index (χ3v) is 6.05. The fourth-order valence-electron chi connectivity index (χ4n) is 3.12. The van der Waals surface area contributed by atoms with Crippen molar-refractivity contribution < 1.29 is 22.7 Å². The van der Waals surface area contributed by atoms with Gasteiger partial charge in [-0.05, 0) is 37.5 Å².